The number of hydrogen-bond acceptors (Lipinski definition) is 3. The Kier molecular flexibility index (Phi) is 3.72. The smallest absolute Gasteiger partial charge is 0.0902 e. The fourth-order valence-corrected chi connectivity index (χ4v) is 1.49. The van der Waals surface area contributed by atoms with Crippen LogP contribution >= 0.6 is 0 Å². The lowest BCUT2D eigenvalue weighted by atomic mass is 10.1. The van der Waals surface area contributed by atoms with Crippen LogP contribution in [0.15, 0.2) is 11.6 Å². The van der Waals surface area contributed by atoms with Gasteiger partial charge in [-0.1, -0.05) is 6.08 Å². The van der Waals surface area contributed by atoms with E-state index in [-0.39, 0.29) is 0 Å². The first-order chi connectivity index (χ1) is 5.74. The molecule has 0 aromatic heterocycles. The number of nitrogens with two attached hydrogens (primary N) is 1. The molecule has 0 radical (unpaired) electrons. The van der Waals surface area contributed by atoms with Gasteiger partial charge in [0.25, 0.3) is 0 Å². The first-order valence-corrected chi connectivity index (χ1v) is 4.47. The molecule has 70 valence electrons. The van der Waals surface area contributed by atoms with Gasteiger partial charge < -0.3 is 4.84 Å². The van der Waals surface area contributed by atoms with Crippen LogP contribution in [0.4, 0.5) is 0 Å². The van der Waals surface area contributed by atoms with Gasteiger partial charge >= 0.3 is 0 Å². The van der Waals surface area contributed by atoms with Crippen LogP contribution in [-0.4, -0.2) is 30.6 Å². The standard InChI is InChI=1S/C9H18N2O/c1-8(2)11-5-3-4-9(6-11)7-12-10/h4,8H,3,5-7,10H2,1-2H3. The van der Waals surface area contributed by atoms with Gasteiger partial charge in [0.05, 0.1) is 6.61 Å². The lowest BCUT2D eigenvalue weighted by Gasteiger charge is -2.30. The third-order valence-corrected chi connectivity index (χ3v) is 2.25. The molecule has 0 aliphatic carbocycles. The van der Waals surface area contributed by atoms with Gasteiger partial charge in [0.2, 0.25) is 0 Å². The van der Waals surface area contributed by atoms with E-state index in [1.165, 1.54) is 5.57 Å². The average Bonchev–Trinajstić information content (AvgIpc) is 2.05. The van der Waals surface area contributed by atoms with Crippen molar-refractivity contribution in [2.24, 2.45) is 5.90 Å². The Morgan fingerprint density at radius 2 is 2.42 bits per heavy atom. The highest BCUT2D eigenvalue weighted by Crippen LogP contribution is 2.11. The second-order valence-corrected chi connectivity index (χ2v) is 3.53. The van der Waals surface area contributed by atoms with Crippen molar-refractivity contribution in [3.8, 4) is 0 Å². The molecule has 1 heterocycles. The summed E-state index contributed by atoms with van der Waals surface area (Å²) in [6, 6.07) is 0.617. The zero-order valence-corrected chi connectivity index (χ0v) is 7.92. The summed E-state index contributed by atoms with van der Waals surface area (Å²) in [6.07, 6.45) is 3.35. The number of rotatable bonds is 3. The quantitative estimate of drug-likeness (QED) is 0.505. The molecule has 0 atom stereocenters. The highest BCUT2D eigenvalue weighted by atomic mass is 16.6. The van der Waals surface area contributed by atoms with E-state index in [9.17, 15) is 0 Å². The molecule has 3 nitrogen and oxygen atoms in total. The van der Waals surface area contributed by atoms with Gasteiger partial charge in [-0.05, 0) is 25.8 Å². The van der Waals surface area contributed by atoms with E-state index >= 15 is 0 Å². The van der Waals surface area contributed by atoms with Crippen LogP contribution in [0.25, 0.3) is 0 Å². The largest absolute Gasteiger partial charge is 0.300 e. The molecular weight excluding hydrogens is 152 g/mol. The van der Waals surface area contributed by atoms with E-state index in [0.717, 1.165) is 19.5 Å². The molecule has 0 saturated heterocycles. The van der Waals surface area contributed by atoms with Crippen molar-refractivity contribution in [2.45, 2.75) is 26.3 Å². The van der Waals surface area contributed by atoms with E-state index in [2.05, 4.69) is 29.7 Å². The maximum atomic E-state index is 5.02. The van der Waals surface area contributed by atoms with Crippen molar-refractivity contribution in [3.63, 3.8) is 0 Å². The Morgan fingerprint density at radius 1 is 1.67 bits per heavy atom. The van der Waals surface area contributed by atoms with Crippen LogP contribution in [0, 0.1) is 0 Å². The molecule has 0 fully saturated rings. The molecule has 2 N–H and O–H groups in total. The fourth-order valence-electron chi connectivity index (χ4n) is 1.49. The molecular formula is C9H18N2O. The van der Waals surface area contributed by atoms with Crippen molar-refractivity contribution in [1.82, 2.24) is 4.90 Å². The average molecular weight is 170 g/mol. The minimum atomic E-state index is 0.573. The summed E-state index contributed by atoms with van der Waals surface area (Å²) in [5, 5.41) is 0. The molecule has 0 saturated carbocycles. The Labute approximate surface area is 74.1 Å². The molecule has 1 aliphatic rings. The van der Waals surface area contributed by atoms with Crippen LogP contribution in [0.5, 0.6) is 0 Å². The highest BCUT2D eigenvalue weighted by molar-refractivity contribution is 5.08. The molecule has 1 rings (SSSR count). The van der Waals surface area contributed by atoms with E-state index < -0.39 is 0 Å². The first kappa shape index (κ1) is 9.71. The summed E-state index contributed by atoms with van der Waals surface area (Å²) >= 11 is 0. The van der Waals surface area contributed by atoms with Crippen molar-refractivity contribution in [1.29, 1.82) is 0 Å². The first-order valence-electron chi connectivity index (χ1n) is 4.47. The highest BCUT2D eigenvalue weighted by Gasteiger charge is 2.14. The van der Waals surface area contributed by atoms with Crippen LogP contribution in [0.3, 0.4) is 0 Å². The van der Waals surface area contributed by atoms with Gasteiger partial charge in [0.1, 0.15) is 0 Å². The topological polar surface area (TPSA) is 38.5 Å². The van der Waals surface area contributed by atoms with Crippen molar-refractivity contribution >= 4 is 0 Å². The summed E-state index contributed by atoms with van der Waals surface area (Å²) in [4.78, 5) is 7.04. The van der Waals surface area contributed by atoms with Gasteiger partial charge in [-0.3, -0.25) is 4.90 Å². The zero-order chi connectivity index (χ0) is 8.97. The van der Waals surface area contributed by atoms with Gasteiger partial charge in [-0.15, -0.1) is 0 Å². The van der Waals surface area contributed by atoms with Crippen molar-refractivity contribution in [3.05, 3.63) is 11.6 Å². The van der Waals surface area contributed by atoms with Gasteiger partial charge in [-0.2, -0.15) is 0 Å². The van der Waals surface area contributed by atoms with Crippen molar-refractivity contribution in [2.75, 3.05) is 19.7 Å². The van der Waals surface area contributed by atoms with Crippen LogP contribution in [-0.2, 0) is 4.84 Å². The number of hydrogen-bond donors (Lipinski definition) is 1. The predicted molar refractivity (Wildman–Crippen MR) is 49.5 cm³/mol. The molecule has 3 heteroatoms. The Morgan fingerprint density at radius 3 is 3.00 bits per heavy atom. The molecule has 0 aromatic carbocycles. The maximum absolute atomic E-state index is 5.02. The second kappa shape index (κ2) is 4.60. The number of nitrogens with zero attached hydrogens (tertiary/aromatic N) is 1. The van der Waals surface area contributed by atoms with Gasteiger partial charge in [0, 0.05) is 19.1 Å². The second-order valence-electron chi connectivity index (χ2n) is 3.53. The lowest BCUT2D eigenvalue weighted by Crippen LogP contribution is -2.36. The van der Waals surface area contributed by atoms with E-state index in [0.29, 0.717) is 12.6 Å². The Bertz CT molecular complexity index is 166. The SMILES string of the molecule is CC(C)N1CCC=C(CON)C1. The normalized spacial score (nSPS) is 19.8. The summed E-state index contributed by atoms with van der Waals surface area (Å²) in [6.45, 7) is 7.17. The van der Waals surface area contributed by atoms with Gasteiger partial charge in [0.15, 0.2) is 0 Å². The van der Waals surface area contributed by atoms with Crippen LogP contribution < -0.4 is 5.90 Å². The third-order valence-electron chi connectivity index (χ3n) is 2.25. The molecule has 0 bridgehead atoms. The Balaban J connectivity index is 2.42. The van der Waals surface area contributed by atoms with Crippen LogP contribution in [0.1, 0.15) is 20.3 Å². The summed E-state index contributed by atoms with van der Waals surface area (Å²) < 4.78 is 0. The predicted octanol–water partition coefficient (Wildman–Crippen LogP) is 0.917. The molecule has 1 aliphatic heterocycles. The van der Waals surface area contributed by atoms with E-state index in [1.807, 2.05) is 0 Å². The summed E-state index contributed by atoms with van der Waals surface area (Å²) in [7, 11) is 0. The molecule has 0 spiro atoms. The van der Waals surface area contributed by atoms with Gasteiger partial charge in [-0.25, -0.2) is 5.90 Å². The zero-order valence-electron chi connectivity index (χ0n) is 7.92. The Hall–Kier alpha value is -0.380. The molecule has 12 heavy (non-hydrogen) atoms. The molecule has 0 amide bonds. The fraction of sp³-hybridized carbons (Fsp3) is 0.778. The van der Waals surface area contributed by atoms with Crippen LogP contribution in [0.2, 0.25) is 0 Å². The van der Waals surface area contributed by atoms with Crippen molar-refractivity contribution < 1.29 is 4.84 Å². The molecule has 0 aromatic rings. The minimum absolute atomic E-state index is 0.573. The summed E-state index contributed by atoms with van der Waals surface area (Å²) in [5.74, 6) is 5.02. The third kappa shape index (κ3) is 2.59. The molecule has 0 unspecified atom stereocenters. The monoisotopic (exact) mass is 170 g/mol. The lowest BCUT2D eigenvalue weighted by molar-refractivity contribution is 0.145. The minimum Gasteiger partial charge on any atom is -0.300 e. The van der Waals surface area contributed by atoms with E-state index in [1.54, 1.807) is 0 Å². The summed E-state index contributed by atoms with van der Waals surface area (Å²) in [5.41, 5.74) is 1.30. The maximum Gasteiger partial charge on any atom is 0.0902 e. The van der Waals surface area contributed by atoms with E-state index in [4.69, 9.17) is 5.90 Å².